The van der Waals surface area contributed by atoms with Crippen molar-refractivity contribution in [3.63, 3.8) is 0 Å². The van der Waals surface area contributed by atoms with Crippen molar-refractivity contribution in [1.29, 1.82) is 0 Å². The summed E-state index contributed by atoms with van der Waals surface area (Å²) < 4.78 is 2.38. The fourth-order valence-electron chi connectivity index (χ4n) is 1.41. The van der Waals surface area contributed by atoms with E-state index >= 15 is 0 Å². The maximum absolute atomic E-state index is 2.34. The highest BCUT2D eigenvalue weighted by molar-refractivity contribution is 14.1. The molecule has 0 unspecified atom stereocenters. The molecule has 0 N–H and O–H groups in total. The lowest BCUT2D eigenvalue weighted by atomic mass is 10.1. The average Bonchev–Trinajstić information content (AvgIpc) is 2.06. The Morgan fingerprint density at radius 3 is 2.14 bits per heavy atom. The summed E-state index contributed by atoms with van der Waals surface area (Å²) in [7, 11) is 6.73. The Balaban J connectivity index is 2.35. The molecule has 0 saturated carbocycles. The standard InChI is InChI=1S/C12H19IN/c1-14(2,3)10-4-5-11-6-8-12(13)9-7-11/h6-9H,4-5,10H2,1-3H3/q+1. The second kappa shape index (κ2) is 5.12. The normalized spacial score (nSPS) is 11.7. The van der Waals surface area contributed by atoms with E-state index in [2.05, 4.69) is 68.0 Å². The predicted molar refractivity (Wildman–Crippen MR) is 70.4 cm³/mol. The smallest absolute Gasteiger partial charge is 0.0783 e. The monoisotopic (exact) mass is 304 g/mol. The molecule has 0 heterocycles. The number of hydrogen-bond donors (Lipinski definition) is 0. The summed E-state index contributed by atoms with van der Waals surface area (Å²) in [6, 6.07) is 8.83. The van der Waals surface area contributed by atoms with Crippen molar-refractivity contribution in [3.8, 4) is 0 Å². The van der Waals surface area contributed by atoms with Crippen molar-refractivity contribution < 1.29 is 4.48 Å². The first kappa shape index (κ1) is 12.0. The van der Waals surface area contributed by atoms with Crippen molar-refractivity contribution in [3.05, 3.63) is 33.4 Å². The molecule has 1 aromatic rings. The molecule has 0 radical (unpaired) electrons. The molecule has 0 aliphatic rings. The minimum atomic E-state index is 1.06. The predicted octanol–water partition coefficient (Wildman–Crippen LogP) is 2.93. The Kier molecular flexibility index (Phi) is 4.38. The van der Waals surface area contributed by atoms with Gasteiger partial charge in [0.1, 0.15) is 0 Å². The van der Waals surface area contributed by atoms with Gasteiger partial charge < -0.3 is 4.48 Å². The maximum Gasteiger partial charge on any atom is 0.0783 e. The van der Waals surface area contributed by atoms with Crippen LogP contribution in [0.15, 0.2) is 24.3 Å². The van der Waals surface area contributed by atoms with E-state index in [4.69, 9.17) is 0 Å². The quantitative estimate of drug-likeness (QED) is 0.593. The zero-order chi connectivity index (χ0) is 10.6. The van der Waals surface area contributed by atoms with Crippen LogP contribution in [0.1, 0.15) is 12.0 Å². The Labute approximate surface area is 101 Å². The Morgan fingerprint density at radius 2 is 1.64 bits per heavy atom. The molecule has 0 aliphatic heterocycles. The van der Waals surface area contributed by atoms with E-state index in [1.807, 2.05) is 0 Å². The molecular formula is C12H19IN+. The van der Waals surface area contributed by atoms with Gasteiger partial charge in [0.15, 0.2) is 0 Å². The first-order valence-electron chi connectivity index (χ1n) is 5.02. The zero-order valence-corrected chi connectivity index (χ0v) is 11.4. The van der Waals surface area contributed by atoms with Crippen LogP contribution in [0.25, 0.3) is 0 Å². The van der Waals surface area contributed by atoms with Crippen LogP contribution in [-0.2, 0) is 6.42 Å². The van der Waals surface area contributed by atoms with E-state index in [-0.39, 0.29) is 0 Å². The van der Waals surface area contributed by atoms with E-state index < -0.39 is 0 Å². The van der Waals surface area contributed by atoms with E-state index in [1.54, 1.807) is 0 Å². The van der Waals surface area contributed by atoms with Crippen LogP contribution in [0.3, 0.4) is 0 Å². The van der Waals surface area contributed by atoms with Gasteiger partial charge in [-0.2, -0.15) is 0 Å². The van der Waals surface area contributed by atoms with E-state index in [0.717, 1.165) is 4.48 Å². The van der Waals surface area contributed by atoms with Gasteiger partial charge >= 0.3 is 0 Å². The molecule has 2 heteroatoms. The average molecular weight is 304 g/mol. The fourth-order valence-corrected chi connectivity index (χ4v) is 1.77. The molecule has 0 amide bonds. The van der Waals surface area contributed by atoms with Crippen molar-refractivity contribution in [2.24, 2.45) is 0 Å². The molecule has 0 aromatic heterocycles. The summed E-state index contributed by atoms with van der Waals surface area (Å²) in [4.78, 5) is 0. The van der Waals surface area contributed by atoms with Crippen molar-refractivity contribution in [2.75, 3.05) is 27.7 Å². The second-order valence-corrected chi connectivity index (χ2v) is 5.99. The summed E-state index contributed by atoms with van der Waals surface area (Å²) in [5.41, 5.74) is 1.46. The number of nitrogens with zero attached hydrogens (tertiary/aromatic N) is 1. The SMILES string of the molecule is C[N+](C)(C)CCCc1ccc(I)cc1. The van der Waals surface area contributed by atoms with Gasteiger partial charge in [-0.15, -0.1) is 0 Å². The van der Waals surface area contributed by atoms with E-state index in [9.17, 15) is 0 Å². The molecule has 0 atom stereocenters. The van der Waals surface area contributed by atoms with E-state index in [1.165, 1.54) is 28.5 Å². The molecule has 0 aliphatic carbocycles. The molecule has 14 heavy (non-hydrogen) atoms. The van der Waals surface area contributed by atoms with Gasteiger partial charge in [0.25, 0.3) is 0 Å². The third-order valence-corrected chi connectivity index (χ3v) is 2.93. The summed E-state index contributed by atoms with van der Waals surface area (Å²) in [5.74, 6) is 0. The first-order chi connectivity index (χ1) is 6.47. The van der Waals surface area contributed by atoms with E-state index in [0.29, 0.717) is 0 Å². The number of quaternary nitrogens is 1. The third kappa shape index (κ3) is 4.96. The number of aryl methyl sites for hydroxylation is 1. The van der Waals surface area contributed by atoms with Crippen LogP contribution in [0.2, 0.25) is 0 Å². The highest BCUT2D eigenvalue weighted by Gasteiger charge is 2.05. The Morgan fingerprint density at radius 1 is 1.07 bits per heavy atom. The van der Waals surface area contributed by atoms with Gasteiger partial charge in [-0.05, 0) is 46.7 Å². The molecule has 78 valence electrons. The molecule has 0 spiro atoms. The van der Waals surface area contributed by atoms with Crippen molar-refractivity contribution >= 4 is 22.6 Å². The molecule has 0 saturated heterocycles. The molecular weight excluding hydrogens is 285 g/mol. The number of benzene rings is 1. The molecule has 1 rings (SSSR count). The van der Waals surface area contributed by atoms with Crippen LogP contribution >= 0.6 is 22.6 Å². The highest BCUT2D eigenvalue weighted by Crippen LogP contribution is 2.09. The highest BCUT2D eigenvalue weighted by atomic mass is 127. The van der Waals surface area contributed by atoms with Gasteiger partial charge in [0.2, 0.25) is 0 Å². The van der Waals surface area contributed by atoms with Crippen LogP contribution in [-0.4, -0.2) is 32.2 Å². The first-order valence-corrected chi connectivity index (χ1v) is 6.10. The van der Waals surface area contributed by atoms with Gasteiger partial charge in [-0.25, -0.2) is 0 Å². The van der Waals surface area contributed by atoms with Gasteiger partial charge in [-0.3, -0.25) is 0 Å². The number of hydrogen-bond acceptors (Lipinski definition) is 0. The zero-order valence-electron chi connectivity index (χ0n) is 9.26. The summed E-state index contributed by atoms with van der Waals surface area (Å²) in [6.45, 7) is 1.24. The minimum absolute atomic E-state index is 1.06. The molecule has 0 bridgehead atoms. The summed E-state index contributed by atoms with van der Waals surface area (Å²) in [6.07, 6.45) is 2.47. The lowest BCUT2D eigenvalue weighted by molar-refractivity contribution is -0.870. The topological polar surface area (TPSA) is 0 Å². The van der Waals surface area contributed by atoms with Crippen molar-refractivity contribution in [1.82, 2.24) is 0 Å². The molecule has 1 aromatic carbocycles. The Hall–Kier alpha value is -0.0900. The van der Waals surface area contributed by atoms with Crippen LogP contribution in [0.4, 0.5) is 0 Å². The second-order valence-electron chi connectivity index (χ2n) is 4.74. The minimum Gasteiger partial charge on any atom is -0.331 e. The Bertz CT molecular complexity index is 271. The van der Waals surface area contributed by atoms with Crippen LogP contribution in [0.5, 0.6) is 0 Å². The van der Waals surface area contributed by atoms with Gasteiger partial charge in [0, 0.05) is 9.99 Å². The number of rotatable bonds is 4. The lowest BCUT2D eigenvalue weighted by Gasteiger charge is -2.23. The van der Waals surface area contributed by atoms with Crippen LogP contribution < -0.4 is 0 Å². The number of halogens is 1. The fraction of sp³-hybridized carbons (Fsp3) is 0.500. The van der Waals surface area contributed by atoms with Gasteiger partial charge in [-0.1, -0.05) is 12.1 Å². The molecule has 0 fully saturated rings. The third-order valence-electron chi connectivity index (χ3n) is 2.21. The summed E-state index contributed by atoms with van der Waals surface area (Å²) >= 11 is 2.34. The van der Waals surface area contributed by atoms with Crippen molar-refractivity contribution in [2.45, 2.75) is 12.8 Å². The maximum atomic E-state index is 2.34. The molecule has 1 nitrogen and oxygen atoms in total. The summed E-state index contributed by atoms with van der Waals surface area (Å²) in [5, 5.41) is 0. The largest absolute Gasteiger partial charge is 0.331 e. The van der Waals surface area contributed by atoms with Crippen LogP contribution in [0, 0.1) is 3.57 Å². The lowest BCUT2D eigenvalue weighted by Crippen LogP contribution is -2.35. The van der Waals surface area contributed by atoms with Gasteiger partial charge in [0.05, 0.1) is 27.7 Å².